The molecule has 0 saturated heterocycles. The van der Waals surface area contributed by atoms with Crippen LogP contribution in [-0.2, 0) is 9.59 Å². The normalized spacial score (nSPS) is 13.2. The van der Waals surface area contributed by atoms with E-state index in [-0.39, 0.29) is 25.3 Å². The molecule has 0 heterocycles. The van der Waals surface area contributed by atoms with Crippen LogP contribution in [0.25, 0.3) is 0 Å². The van der Waals surface area contributed by atoms with E-state index in [1.165, 1.54) is 0 Å². The van der Waals surface area contributed by atoms with Gasteiger partial charge in [-0.25, -0.2) is 0 Å². The Balaban J connectivity index is 3.45. The van der Waals surface area contributed by atoms with Crippen LogP contribution < -0.4 is 5.32 Å². The second-order valence-corrected chi connectivity index (χ2v) is 2.75. The molecule has 0 rings (SSSR count). The summed E-state index contributed by atoms with van der Waals surface area (Å²) in [4.78, 5) is 20.8. The molecular weight excluding hydrogens is 158 g/mol. The molecule has 0 aromatic carbocycles. The van der Waals surface area contributed by atoms with Gasteiger partial charge in [0.2, 0.25) is 5.91 Å². The van der Waals surface area contributed by atoms with Crippen molar-refractivity contribution < 1.29 is 16.1 Å². The third-order valence-corrected chi connectivity index (χ3v) is 1.44. The molecule has 12 heavy (non-hydrogen) atoms. The number of carbonyl (C=O) groups is 2. The Morgan fingerprint density at radius 3 is 2.83 bits per heavy atom. The molecule has 0 aliphatic heterocycles. The number of rotatable bonds is 5. The number of carbonyl (C=O) groups excluding carboxylic acids is 1. The smallest absolute Gasteiger partial charge is 0.303 e. The van der Waals surface area contributed by atoms with Crippen LogP contribution in [-0.4, -0.2) is 23.0 Å². The minimum absolute atomic E-state index is 0.0443. The maximum absolute atomic E-state index is 10.7. The summed E-state index contributed by atoms with van der Waals surface area (Å²) in [5, 5.41) is 10.9. The maximum atomic E-state index is 10.7. The summed E-state index contributed by atoms with van der Waals surface area (Å²) in [7, 11) is 0. The maximum Gasteiger partial charge on any atom is 0.303 e. The molecular formula is C8H15NO3. The van der Waals surface area contributed by atoms with Gasteiger partial charge in [-0.3, -0.25) is 9.59 Å². The summed E-state index contributed by atoms with van der Waals surface area (Å²) < 4.78 is 6.74. The Hall–Kier alpha value is -1.06. The molecule has 1 atom stereocenters. The zero-order valence-electron chi connectivity index (χ0n) is 8.17. The Morgan fingerprint density at radius 2 is 2.33 bits per heavy atom. The summed E-state index contributed by atoms with van der Waals surface area (Å²) >= 11 is 0. The van der Waals surface area contributed by atoms with Crippen LogP contribution in [0.15, 0.2) is 0 Å². The van der Waals surface area contributed by atoms with Gasteiger partial charge in [-0.1, -0.05) is 0 Å². The average molecular weight is 174 g/mol. The first kappa shape index (κ1) is 9.03. The molecule has 1 amide bonds. The molecule has 4 heteroatoms. The Labute approximate surface area is 73.4 Å². The number of aliphatic carboxylic acids is 1. The van der Waals surface area contributed by atoms with Gasteiger partial charge in [-0.2, -0.15) is 0 Å². The molecule has 0 radical (unpaired) electrons. The molecule has 0 aromatic heterocycles. The number of hydrogen-bond acceptors (Lipinski definition) is 2. The van der Waals surface area contributed by atoms with Gasteiger partial charge in [0, 0.05) is 20.7 Å². The molecule has 0 aromatic rings. The van der Waals surface area contributed by atoms with Gasteiger partial charge in [0.15, 0.2) is 0 Å². The number of carboxylic acid groups (broad SMARTS) is 1. The largest absolute Gasteiger partial charge is 0.481 e. The topological polar surface area (TPSA) is 66.4 Å². The Morgan fingerprint density at radius 1 is 1.67 bits per heavy atom. The zero-order valence-corrected chi connectivity index (χ0v) is 7.17. The quantitative estimate of drug-likeness (QED) is 0.646. The second-order valence-electron chi connectivity index (χ2n) is 2.75. The van der Waals surface area contributed by atoms with E-state index in [1.807, 2.05) is 0 Å². The summed E-state index contributed by atoms with van der Waals surface area (Å²) in [6.07, 6.45) is 1.31. The van der Waals surface area contributed by atoms with Gasteiger partial charge in [0.05, 0.1) is 0 Å². The SMILES string of the molecule is [2H]CC(=O)NC(C)CCCC(=O)O. The molecule has 2 N–H and O–H groups in total. The predicted molar refractivity (Wildman–Crippen MR) is 44.8 cm³/mol. The highest BCUT2D eigenvalue weighted by molar-refractivity contribution is 5.73. The lowest BCUT2D eigenvalue weighted by atomic mass is 10.1. The van der Waals surface area contributed by atoms with Crippen molar-refractivity contribution in [3.63, 3.8) is 0 Å². The lowest BCUT2D eigenvalue weighted by Gasteiger charge is -2.10. The van der Waals surface area contributed by atoms with Gasteiger partial charge >= 0.3 is 5.97 Å². The van der Waals surface area contributed by atoms with E-state index in [1.54, 1.807) is 6.92 Å². The van der Waals surface area contributed by atoms with Crippen LogP contribution in [0.1, 0.15) is 34.5 Å². The number of carboxylic acids is 1. The third-order valence-electron chi connectivity index (χ3n) is 1.44. The van der Waals surface area contributed by atoms with Crippen LogP contribution in [0.4, 0.5) is 0 Å². The van der Waals surface area contributed by atoms with Crippen LogP contribution in [0, 0.1) is 0 Å². The van der Waals surface area contributed by atoms with Crippen LogP contribution >= 0.6 is 0 Å². The third kappa shape index (κ3) is 7.05. The van der Waals surface area contributed by atoms with E-state index in [0.29, 0.717) is 12.8 Å². The predicted octanol–water partition coefficient (Wildman–Crippen LogP) is 0.766. The highest BCUT2D eigenvalue weighted by Gasteiger charge is 2.04. The first-order chi connectivity index (χ1) is 6.06. The first-order valence-electron chi connectivity index (χ1n) is 4.57. The lowest BCUT2D eigenvalue weighted by Crippen LogP contribution is -2.30. The standard InChI is InChI=1S/C8H15NO3/c1-6(9-7(2)10)4-3-5-8(11)12/h6H,3-5H2,1-2H3,(H,9,10)(H,11,12)/i2D. The Kier molecular flexibility index (Phi) is 4.19. The van der Waals surface area contributed by atoms with Crippen molar-refractivity contribution in [2.45, 2.75) is 39.1 Å². The number of nitrogens with one attached hydrogen (secondary N) is 1. The highest BCUT2D eigenvalue weighted by atomic mass is 16.4. The molecule has 0 spiro atoms. The van der Waals surface area contributed by atoms with Crippen molar-refractivity contribution in [2.75, 3.05) is 0 Å². The molecule has 0 saturated carbocycles. The molecule has 0 bridgehead atoms. The molecule has 0 fully saturated rings. The van der Waals surface area contributed by atoms with Crippen molar-refractivity contribution in [3.05, 3.63) is 0 Å². The highest BCUT2D eigenvalue weighted by Crippen LogP contribution is 1.99. The van der Waals surface area contributed by atoms with Crippen molar-refractivity contribution in [1.29, 1.82) is 0 Å². The van der Waals surface area contributed by atoms with Crippen LogP contribution in [0.5, 0.6) is 0 Å². The van der Waals surface area contributed by atoms with Gasteiger partial charge in [0.1, 0.15) is 0 Å². The Bertz CT molecular complexity index is 184. The minimum atomic E-state index is -0.820. The van der Waals surface area contributed by atoms with Crippen LogP contribution in [0.3, 0.4) is 0 Å². The van der Waals surface area contributed by atoms with Gasteiger partial charge in [-0.15, -0.1) is 0 Å². The van der Waals surface area contributed by atoms with E-state index < -0.39 is 5.97 Å². The summed E-state index contributed by atoms with van der Waals surface area (Å²) in [6.45, 7) is 1.53. The zero-order chi connectivity index (χ0) is 10.3. The van der Waals surface area contributed by atoms with E-state index in [0.717, 1.165) is 0 Å². The van der Waals surface area contributed by atoms with E-state index in [4.69, 9.17) is 6.48 Å². The van der Waals surface area contributed by atoms with E-state index in [2.05, 4.69) is 5.32 Å². The second kappa shape index (κ2) is 5.57. The fourth-order valence-electron chi connectivity index (χ4n) is 0.906. The lowest BCUT2D eigenvalue weighted by molar-refractivity contribution is -0.137. The molecule has 0 aliphatic carbocycles. The number of hydrogen-bond donors (Lipinski definition) is 2. The first-order valence-corrected chi connectivity index (χ1v) is 3.86. The number of amides is 1. The molecule has 0 aliphatic rings. The molecule has 4 nitrogen and oxygen atoms in total. The van der Waals surface area contributed by atoms with Crippen molar-refractivity contribution in [3.8, 4) is 0 Å². The van der Waals surface area contributed by atoms with Gasteiger partial charge < -0.3 is 10.4 Å². The monoisotopic (exact) mass is 174 g/mol. The van der Waals surface area contributed by atoms with Crippen molar-refractivity contribution in [2.24, 2.45) is 0 Å². The van der Waals surface area contributed by atoms with Crippen molar-refractivity contribution >= 4 is 11.9 Å². The molecule has 70 valence electrons. The molecule has 1 unspecified atom stereocenters. The summed E-state index contributed by atoms with van der Waals surface area (Å²) in [5.41, 5.74) is 0. The fraction of sp³-hybridized carbons (Fsp3) is 0.750. The average Bonchev–Trinajstić information content (AvgIpc) is 2.03. The van der Waals surface area contributed by atoms with Crippen LogP contribution in [0.2, 0.25) is 0 Å². The van der Waals surface area contributed by atoms with Gasteiger partial charge in [-0.05, 0) is 19.8 Å². The summed E-state index contributed by atoms with van der Waals surface area (Å²) in [6, 6.07) is -0.0443. The van der Waals surface area contributed by atoms with E-state index in [9.17, 15) is 9.59 Å². The fourth-order valence-corrected chi connectivity index (χ4v) is 0.906. The van der Waals surface area contributed by atoms with Gasteiger partial charge in [0.25, 0.3) is 0 Å². The summed E-state index contributed by atoms with van der Waals surface area (Å²) in [5.74, 6) is -1.14. The minimum Gasteiger partial charge on any atom is -0.481 e. The van der Waals surface area contributed by atoms with Crippen molar-refractivity contribution in [1.82, 2.24) is 5.32 Å². The van der Waals surface area contributed by atoms with E-state index >= 15 is 0 Å².